The van der Waals surface area contributed by atoms with Crippen LogP contribution in [0.15, 0.2) is 36.4 Å². The molecule has 2 fully saturated rings. The number of carbonyl (C=O) groups is 1. The topological polar surface area (TPSA) is 77.8 Å². The number of hydrogen-bond acceptors (Lipinski definition) is 3. The molecule has 0 aromatic heterocycles. The molecule has 32 heavy (non-hydrogen) atoms. The lowest BCUT2D eigenvalue weighted by Crippen LogP contribution is -2.18. The highest BCUT2D eigenvalue weighted by Gasteiger charge is 2.41. The van der Waals surface area contributed by atoms with E-state index in [1.807, 2.05) is 30.3 Å². The van der Waals surface area contributed by atoms with E-state index in [0.29, 0.717) is 12.8 Å². The first-order valence-electron chi connectivity index (χ1n) is 12.4. The lowest BCUT2D eigenvalue weighted by Gasteiger charge is -2.24. The van der Waals surface area contributed by atoms with E-state index in [4.69, 9.17) is 16.7 Å². The van der Waals surface area contributed by atoms with Crippen LogP contribution >= 0.6 is 11.6 Å². The number of carboxylic acids is 1. The second-order valence-electron chi connectivity index (χ2n) is 9.77. The predicted octanol–water partition coefficient (Wildman–Crippen LogP) is 6.35. The number of carboxylic acid groups (broad SMARTS) is 1. The molecule has 0 spiro atoms. The number of unbranched alkanes of at least 4 members (excludes halogenated alkanes) is 1. The molecule has 0 radical (unpaired) electrons. The number of hydrogen-bond donors (Lipinski definition) is 3. The number of aliphatic hydroxyl groups excluding tert-OH is 2. The maximum absolute atomic E-state index is 10.7. The Balaban J connectivity index is 1.54. The Labute approximate surface area is 197 Å². The summed E-state index contributed by atoms with van der Waals surface area (Å²) in [6.07, 6.45) is 14.7. The van der Waals surface area contributed by atoms with Gasteiger partial charge in [-0.05, 0) is 61.5 Å². The summed E-state index contributed by atoms with van der Waals surface area (Å²) in [6, 6.07) is 8.11. The molecule has 0 aliphatic heterocycles. The third-order valence-corrected chi connectivity index (χ3v) is 7.92. The first-order valence-corrected chi connectivity index (χ1v) is 12.9. The van der Waals surface area contributed by atoms with E-state index in [-0.39, 0.29) is 23.6 Å². The molecule has 0 bridgehead atoms. The Morgan fingerprint density at radius 1 is 1.12 bits per heavy atom. The van der Waals surface area contributed by atoms with Crippen molar-refractivity contribution in [1.82, 2.24) is 0 Å². The standard InChI is InChI=1S/C27H39ClO4/c28-23-18-25(30)27(22(23)10-6-1-2-7-11-26(31)32)21-15-13-20(14-16-21)24(29)17-12-19-8-4-3-5-9-19/h1,6,13-16,19,22-25,27,29-30H,2-5,7-12,17-18H2,(H,31,32)/b6-1-/t22-,23+,24?,25?,27+/m0/s1. The number of benzene rings is 1. The quantitative estimate of drug-likeness (QED) is 0.203. The molecule has 5 heteroatoms. The Kier molecular flexibility index (Phi) is 10.1. The molecule has 3 rings (SSSR count). The number of aliphatic carboxylic acids is 1. The molecule has 0 saturated heterocycles. The zero-order chi connectivity index (χ0) is 22.9. The summed E-state index contributed by atoms with van der Waals surface area (Å²) in [7, 11) is 0. The van der Waals surface area contributed by atoms with Gasteiger partial charge in [-0.15, -0.1) is 11.6 Å². The highest BCUT2D eigenvalue weighted by molar-refractivity contribution is 6.21. The molecule has 2 aliphatic carbocycles. The number of rotatable bonds is 11. The molecular weight excluding hydrogens is 424 g/mol. The number of aliphatic hydroxyl groups is 2. The minimum absolute atomic E-state index is 0.0189. The Bertz CT molecular complexity index is 726. The zero-order valence-corrected chi connectivity index (χ0v) is 19.8. The fourth-order valence-corrected chi connectivity index (χ4v) is 5.99. The maximum Gasteiger partial charge on any atom is 0.303 e. The van der Waals surface area contributed by atoms with Crippen molar-refractivity contribution in [3.05, 3.63) is 47.5 Å². The van der Waals surface area contributed by atoms with Crippen LogP contribution in [0.5, 0.6) is 0 Å². The predicted molar refractivity (Wildman–Crippen MR) is 129 cm³/mol. The summed E-state index contributed by atoms with van der Waals surface area (Å²) in [6.45, 7) is 0. The average Bonchev–Trinajstić information content (AvgIpc) is 3.07. The number of alkyl halides is 1. The van der Waals surface area contributed by atoms with Crippen LogP contribution in [0.25, 0.3) is 0 Å². The van der Waals surface area contributed by atoms with E-state index in [1.165, 1.54) is 32.1 Å². The van der Waals surface area contributed by atoms with Gasteiger partial charge in [0.05, 0.1) is 12.2 Å². The summed E-state index contributed by atoms with van der Waals surface area (Å²) >= 11 is 6.58. The molecule has 1 aromatic carbocycles. The van der Waals surface area contributed by atoms with Crippen LogP contribution in [-0.4, -0.2) is 32.8 Å². The molecule has 5 atom stereocenters. The van der Waals surface area contributed by atoms with E-state index >= 15 is 0 Å². The van der Waals surface area contributed by atoms with Gasteiger partial charge >= 0.3 is 5.97 Å². The van der Waals surface area contributed by atoms with Crippen LogP contribution in [0.4, 0.5) is 0 Å². The van der Waals surface area contributed by atoms with Crippen LogP contribution in [-0.2, 0) is 4.79 Å². The molecule has 1 aromatic rings. The Morgan fingerprint density at radius 3 is 2.53 bits per heavy atom. The van der Waals surface area contributed by atoms with E-state index in [9.17, 15) is 15.0 Å². The summed E-state index contributed by atoms with van der Waals surface area (Å²) < 4.78 is 0. The van der Waals surface area contributed by atoms with Gasteiger partial charge in [0.25, 0.3) is 0 Å². The smallest absolute Gasteiger partial charge is 0.303 e. The molecule has 178 valence electrons. The molecular formula is C27H39ClO4. The zero-order valence-electron chi connectivity index (χ0n) is 19.0. The summed E-state index contributed by atoms with van der Waals surface area (Å²) in [5, 5.41) is 30.0. The SMILES string of the molecule is O=C(O)CCC/C=C\C[C@H]1[C@H](Cl)CC(O)[C@@H]1c1ccc(C(O)CCC2CCCCC2)cc1. The number of halogens is 1. The Morgan fingerprint density at radius 2 is 1.84 bits per heavy atom. The molecule has 0 heterocycles. The third kappa shape index (κ3) is 7.33. The highest BCUT2D eigenvalue weighted by atomic mass is 35.5. The van der Waals surface area contributed by atoms with Gasteiger partial charge < -0.3 is 15.3 Å². The fourth-order valence-electron chi connectivity index (χ4n) is 5.54. The van der Waals surface area contributed by atoms with Crippen molar-refractivity contribution in [1.29, 1.82) is 0 Å². The van der Waals surface area contributed by atoms with E-state index < -0.39 is 18.2 Å². The Hall–Kier alpha value is -1.36. The molecule has 4 nitrogen and oxygen atoms in total. The van der Waals surface area contributed by atoms with Crippen molar-refractivity contribution in [3.8, 4) is 0 Å². The normalized spacial score (nSPS) is 27.7. The van der Waals surface area contributed by atoms with Gasteiger partial charge in [-0.25, -0.2) is 0 Å². The monoisotopic (exact) mass is 462 g/mol. The van der Waals surface area contributed by atoms with Gasteiger partial charge in [-0.2, -0.15) is 0 Å². The molecule has 0 amide bonds. The van der Waals surface area contributed by atoms with Crippen LogP contribution < -0.4 is 0 Å². The van der Waals surface area contributed by atoms with Gasteiger partial charge in [0.2, 0.25) is 0 Å². The first kappa shape index (κ1) is 25.3. The van der Waals surface area contributed by atoms with Crippen LogP contribution in [0.3, 0.4) is 0 Å². The van der Waals surface area contributed by atoms with Crippen LogP contribution in [0.1, 0.15) is 100 Å². The molecule has 3 N–H and O–H groups in total. The largest absolute Gasteiger partial charge is 0.481 e. The lowest BCUT2D eigenvalue weighted by molar-refractivity contribution is -0.137. The molecule has 2 aliphatic rings. The first-order chi connectivity index (χ1) is 15.5. The summed E-state index contributed by atoms with van der Waals surface area (Å²) in [4.78, 5) is 10.6. The second kappa shape index (κ2) is 12.8. The lowest BCUT2D eigenvalue weighted by atomic mass is 9.83. The fraction of sp³-hybridized carbons (Fsp3) is 0.667. The second-order valence-corrected chi connectivity index (χ2v) is 10.3. The molecule has 2 saturated carbocycles. The van der Waals surface area contributed by atoms with E-state index in [0.717, 1.165) is 42.7 Å². The van der Waals surface area contributed by atoms with Crippen molar-refractivity contribution in [2.24, 2.45) is 11.8 Å². The van der Waals surface area contributed by atoms with Gasteiger partial charge in [-0.3, -0.25) is 4.79 Å². The van der Waals surface area contributed by atoms with Gasteiger partial charge in [0, 0.05) is 17.7 Å². The average molecular weight is 463 g/mol. The minimum atomic E-state index is -0.763. The van der Waals surface area contributed by atoms with E-state index in [1.54, 1.807) is 0 Å². The van der Waals surface area contributed by atoms with Gasteiger partial charge in [-0.1, -0.05) is 68.5 Å². The third-order valence-electron chi connectivity index (χ3n) is 7.42. The van der Waals surface area contributed by atoms with Gasteiger partial charge in [0.15, 0.2) is 0 Å². The van der Waals surface area contributed by atoms with E-state index in [2.05, 4.69) is 6.08 Å². The minimum Gasteiger partial charge on any atom is -0.481 e. The number of allylic oxidation sites excluding steroid dienone is 2. The summed E-state index contributed by atoms with van der Waals surface area (Å²) in [5.74, 6) is 0.129. The van der Waals surface area contributed by atoms with Crippen LogP contribution in [0.2, 0.25) is 0 Å². The van der Waals surface area contributed by atoms with Crippen molar-refractivity contribution >= 4 is 17.6 Å². The summed E-state index contributed by atoms with van der Waals surface area (Å²) in [5.41, 5.74) is 2.03. The van der Waals surface area contributed by atoms with Crippen LogP contribution in [0, 0.1) is 11.8 Å². The van der Waals surface area contributed by atoms with Crippen molar-refractivity contribution in [2.75, 3.05) is 0 Å². The maximum atomic E-state index is 10.7. The van der Waals surface area contributed by atoms with Crippen molar-refractivity contribution in [3.63, 3.8) is 0 Å². The molecule has 2 unspecified atom stereocenters. The van der Waals surface area contributed by atoms with Gasteiger partial charge in [0.1, 0.15) is 0 Å². The highest BCUT2D eigenvalue weighted by Crippen LogP contribution is 2.45. The van der Waals surface area contributed by atoms with Crippen molar-refractivity contribution in [2.45, 2.75) is 101 Å². The van der Waals surface area contributed by atoms with Crippen molar-refractivity contribution < 1.29 is 20.1 Å².